The van der Waals surface area contributed by atoms with Crippen molar-refractivity contribution >= 4 is 5.91 Å². The Hall–Kier alpha value is -3.08. The predicted octanol–water partition coefficient (Wildman–Crippen LogP) is 2.47. The first-order chi connectivity index (χ1) is 10.8. The van der Waals surface area contributed by atoms with E-state index in [0.29, 0.717) is 12.1 Å². The summed E-state index contributed by atoms with van der Waals surface area (Å²) in [5.41, 5.74) is 3.01. The van der Waals surface area contributed by atoms with Crippen molar-refractivity contribution in [2.75, 3.05) is 0 Å². The Labute approximate surface area is 128 Å². The molecular formula is C17H14N4O. The van der Waals surface area contributed by atoms with Gasteiger partial charge in [-0.2, -0.15) is 0 Å². The fourth-order valence-electron chi connectivity index (χ4n) is 2.10. The number of pyridine rings is 1. The van der Waals surface area contributed by atoms with Crippen LogP contribution in [0.25, 0.3) is 11.3 Å². The zero-order valence-electron chi connectivity index (χ0n) is 11.8. The molecule has 0 bridgehead atoms. The summed E-state index contributed by atoms with van der Waals surface area (Å²) in [6.07, 6.45) is 6.67. The summed E-state index contributed by atoms with van der Waals surface area (Å²) in [5, 5.41) is 2.87. The van der Waals surface area contributed by atoms with Gasteiger partial charge in [-0.1, -0.05) is 18.2 Å². The first-order valence-corrected chi connectivity index (χ1v) is 6.88. The van der Waals surface area contributed by atoms with Gasteiger partial charge in [-0.25, -0.2) is 0 Å². The standard InChI is InChI=1S/C17H14N4O/c22-17(14-4-2-1-3-5-14)21-12-15-16(20-11-10-19-15)13-6-8-18-9-7-13/h1-11H,12H2,(H,21,22). The van der Waals surface area contributed by atoms with Crippen LogP contribution in [0.2, 0.25) is 0 Å². The van der Waals surface area contributed by atoms with Gasteiger partial charge in [0.2, 0.25) is 0 Å². The number of rotatable bonds is 4. The quantitative estimate of drug-likeness (QED) is 0.801. The SMILES string of the molecule is O=C(NCc1nccnc1-c1ccncc1)c1ccccc1. The molecule has 1 N–H and O–H groups in total. The highest BCUT2D eigenvalue weighted by molar-refractivity contribution is 5.94. The Morgan fingerprint density at radius 2 is 1.64 bits per heavy atom. The molecule has 5 nitrogen and oxygen atoms in total. The molecule has 0 radical (unpaired) electrons. The second-order valence-corrected chi connectivity index (χ2v) is 4.64. The summed E-state index contributed by atoms with van der Waals surface area (Å²) < 4.78 is 0. The van der Waals surface area contributed by atoms with E-state index in [0.717, 1.165) is 17.0 Å². The van der Waals surface area contributed by atoms with Crippen LogP contribution >= 0.6 is 0 Å². The molecule has 22 heavy (non-hydrogen) atoms. The van der Waals surface area contributed by atoms with E-state index in [1.165, 1.54) is 0 Å². The minimum Gasteiger partial charge on any atom is -0.346 e. The van der Waals surface area contributed by atoms with Crippen LogP contribution in [0.5, 0.6) is 0 Å². The second kappa shape index (κ2) is 6.58. The van der Waals surface area contributed by atoms with Gasteiger partial charge in [0, 0.05) is 35.9 Å². The third-order valence-corrected chi connectivity index (χ3v) is 3.18. The lowest BCUT2D eigenvalue weighted by atomic mass is 10.1. The van der Waals surface area contributed by atoms with E-state index >= 15 is 0 Å². The van der Waals surface area contributed by atoms with Crippen molar-refractivity contribution in [3.05, 3.63) is 78.5 Å². The summed E-state index contributed by atoms with van der Waals surface area (Å²) in [6.45, 7) is 0.319. The minimum atomic E-state index is -0.132. The number of amides is 1. The van der Waals surface area contributed by atoms with Gasteiger partial charge < -0.3 is 5.32 Å². The normalized spacial score (nSPS) is 10.2. The average Bonchev–Trinajstić information content (AvgIpc) is 2.61. The molecule has 0 saturated carbocycles. The number of carbonyl (C=O) groups is 1. The molecule has 0 aliphatic carbocycles. The van der Waals surface area contributed by atoms with Crippen LogP contribution in [-0.2, 0) is 6.54 Å². The minimum absolute atomic E-state index is 0.132. The smallest absolute Gasteiger partial charge is 0.251 e. The second-order valence-electron chi connectivity index (χ2n) is 4.64. The summed E-state index contributed by atoms with van der Waals surface area (Å²) >= 11 is 0. The highest BCUT2D eigenvalue weighted by atomic mass is 16.1. The third-order valence-electron chi connectivity index (χ3n) is 3.18. The van der Waals surface area contributed by atoms with Gasteiger partial charge in [0.05, 0.1) is 17.9 Å². The van der Waals surface area contributed by atoms with Crippen LogP contribution in [0, 0.1) is 0 Å². The Bertz CT molecular complexity index is 760. The zero-order valence-corrected chi connectivity index (χ0v) is 11.8. The van der Waals surface area contributed by atoms with Gasteiger partial charge in [-0.05, 0) is 24.3 Å². The van der Waals surface area contributed by atoms with E-state index in [4.69, 9.17) is 0 Å². The fraction of sp³-hybridized carbons (Fsp3) is 0.0588. The van der Waals surface area contributed by atoms with Crippen molar-refractivity contribution in [1.29, 1.82) is 0 Å². The lowest BCUT2D eigenvalue weighted by molar-refractivity contribution is 0.0950. The van der Waals surface area contributed by atoms with Crippen molar-refractivity contribution in [3.8, 4) is 11.3 Å². The molecule has 3 aromatic rings. The Morgan fingerprint density at radius 1 is 0.909 bits per heavy atom. The molecule has 0 atom stereocenters. The molecule has 5 heteroatoms. The Kier molecular flexibility index (Phi) is 4.15. The molecule has 0 aliphatic rings. The molecule has 0 spiro atoms. The van der Waals surface area contributed by atoms with E-state index < -0.39 is 0 Å². The average molecular weight is 290 g/mol. The van der Waals surface area contributed by atoms with E-state index in [1.807, 2.05) is 30.3 Å². The molecule has 2 heterocycles. The van der Waals surface area contributed by atoms with Crippen LogP contribution in [0.4, 0.5) is 0 Å². The van der Waals surface area contributed by atoms with Crippen LogP contribution < -0.4 is 5.32 Å². The monoisotopic (exact) mass is 290 g/mol. The van der Waals surface area contributed by atoms with Gasteiger partial charge >= 0.3 is 0 Å². The van der Waals surface area contributed by atoms with Crippen LogP contribution in [0.15, 0.2) is 67.3 Å². The highest BCUT2D eigenvalue weighted by Crippen LogP contribution is 2.18. The van der Waals surface area contributed by atoms with Crippen molar-refractivity contribution in [3.63, 3.8) is 0 Å². The molecule has 3 rings (SSSR count). The molecule has 1 amide bonds. The molecule has 0 unspecified atom stereocenters. The van der Waals surface area contributed by atoms with Gasteiger partial charge in [0.15, 0.2) is 0 Å². The van der Waals surface area contributed by atoms with E-state index in [9.17, 15) is 4.79 Å². The molecule has 108 valence electrons. The van der Waals surface area contributed by atoms with Crippen molar-refractivity contribution < 1.29 is 4.79 Å². The Balaban J connectivity index is 1.78. The number of aromatic nitrogens is 3. The molecular weight excluding hydrogens is 276 g/mol. The molecule has 0 fully saturated rings. The molecule has 2 aromatic heterocycles. The topological polar surface area (TPSA) is 67.8 Å². The van der Waals surface area contributed by atoms with Crippen molar-refractivity contribution in [1.82, 2.24) is 20.3 Å². The van der Waals surface area contributed by atoms with Gasteiger partial charge in [0.1, 0.15) is 0 Å². The van der Waals surface area contributed by atoms with Crippen LogP contribution in [-0.4, -0.2) is 20.9 Å². The van der Waals surface area contributed by atoms with Crippen LogP contribution in [0.1, 0.15) is 16.1 Å². The predicted molar refractivity (Wildman–Crippen MR) is 82.9 cm³/mol. The summed E-state index contributed by atoms with van der Waals surface area (Å²) in [6, 6.07) is 12.8. The van der Waals surface area contributed by atoms with Crippen molar-refractivity contribution in [2.45, 2.75) is 6.54 Å². The van der Waals surface area contributed by atoms with E-state index in [2.05, 4.69) is 20.3 Å². The van der Waals surface area contributed by atoms with Crippen molar-refractivity contribution in [2.24, 2.45) is 0 Å². The van der Waals surface area contributed by atoms with E-state index in [1.54, 1.807) is 36.9 Å². The lowest BCUT2D eigenvalue weighted by Gasteiger charge is -2.09. The lowest BCUT2D eigenvalue weighted by Crippen LogP contribution is -2.23. The maximum absolute atomic E-state index is 12.1. The van der Waals surface area contributed by atoms with Gasteiger partial charge in [-0.3, -0.25) is 19.7 Å². The molecule has 0 saturated heterocycles. The molecule has 1 aromatic carbocycles. The number of nitrogens with one attached hydrogen (secondary N) is 1. The largest absolute Gasteiger partial charge is 0.346 e. The van der Waals surface area contributed by atoms with E-state index in [-0.39, 0.29) is 5.91 Å². The number of hydrogen-bond acceptors (Lipinski definition) is 4. The Morgan fingerprint density at radius 3 is 2.41 bits per heavy atom. The third kappa shape index (κ3) is 3.15. The highest BCUT2D eigenvalue weighted by Gasteiger charge is 2.10. The number of hydrogen-bond donors (Lipinski definition) is 1. The number of nitrogens with zero attached hydrogens (tertiary/aromatic N) is 3. The fourth-order valence-corrected chi connectivity index (χ4v) is 2.10. The summed E-state index contributed by atoms with van der Waals surface area (Å²) in [4.78, 5) is 24.8. The first-order valence-electron chi connectivity index (χ1n) is 6.88. The summed E-state index contributed by atoms with van der Waals surface area (Å²) in [7, 11) is 0. The maximum Gasteiger partial charge on any atom is 0.251 e. The summed E-state index contributed by atoms with van der Waals surface area (Å²) in [5.74, 6) is -0.132. The maximum atomic E-state index is 12.1. The molecule has 0 aliphatic heterocycles. The van der Waals surface area contributed by atoms with Gasteiger partial charge in [0.25, 0.3) is 5.91 Å². The number of benzene rings is 1. The first kappa shape index (κ1) is 13.9. The van der Waals surface area contributed by atoms with Gasteiger partial charge in [-0.15, -0.1) is 0 Å². The zero-order chi connectivity index (χ0) is 15.2. The van der Waals surface area contributed by atoms with Crippen LogP contribution in [0.3, 0.4) is 0 Å². The number of carbonyl (C=O) groups excluding carboxylic acids is 1.